The van der Waals surface area contributed by atoms with Crippen LogP contribution in [-0.2, 0) is 12.8 Å². The second-order valence-electron chi connectivity index (χ2n) is 4.51. The van der Waals surface area contributed by atoms with Gasteiger partial charge in [-0.25, -0.2) is 4.98 Å². The smallest absolute Gasteiger partial charge is 0.105 e. The lowest BCUT2D eigenvalue weighted by molar-refractivity contribution is 0.903. The number of benzene rings is 1. The van der Waals surface area contributed by atoms with E-state index < -0.39 is 0 Å². The average Bonchev–Trinajstić information content (AvgIpc) is 2.88. The summed E-state index contributed by atoms with van der Waals surface area (Å²) in [6, 6.07) is 6.51. The Bertz CT molecular complexity index is 424. The third kappa shape index (κ3) is 4.36. The van der Waals surface area contributed by atoms with E-state index >= 15 is 0 Å². The number of aromatic nitrogens is 2. The summed E-state index contributed by atoms with van der Waals surface area (Å²) in [5.41, 5.74) is 4.41. The van der Waals surface area contributed by atoms with E-state index in [2.05, 4.69) is 55.9 Å². The highest BCUT2D eigenvalue weighted by molar-refractivity contribution is 5.33. The van der Waals surface area contributed by atoms with Crippen LogP contribution in [0.5, 0.6) is 0 Å². The molecule has 0 saturated heterocycles. The molecule has 0 fully saturated rings. The average molecular weight is 244 g/mol. The van der Waals surface area contributed by atoms with Gasteiger partial charge < -0.3 is 4.98 Å². The lowest BCUT2D eigenvalue weighted by atomic mass is 9.99. The molecule has 0 bridgehead atoms. The summed E-state index contributed by atoms with van der Waals surface area (Å²) in [4.78, 5) is 6.95. The van der Waals surface area contributed by atoms with Gasteiger partial charge in [-0.3, -0.25) is 0 Å². The molecule has 0 aliphatic rings. The summed E-state index contributed by atoms with van der Waals surface area (Å²) in [6.45, 7) is 8.68. The van der Waals surface area contributed by atoms with Gasteiger partial charge in [-0.05, 0) is 37.0 Å². The molecule has 0 aliphatic carbocycles. The van der Waals surface area contributed by atoms with Gasteiger partial charge in [-0.15, -0.1) is 0 Å². The number of aryl methyl sites for hydroxylation is 3. The maximum absolute atomic E-state index is 3.98. The highest BCUT2D eigenvalue weighted by Crippen LogP contribution is 2.14. The Hall–Kier alpha value is -1.57. The van der Waals surface area contributed by atoms with Crippen LogP contribution in [0.25, 0.3) is 0 Å². The van der Waals surface area contributed by atoms with Gasteiger partial charge in [0.25, 0.3) is 0 Å². The first kappa shape index (κ1) is 14.5. The van der Waals surface area contributed by atoms with Crippen LogP contribution in [0.3, 0.4) is 0 Å². The van der Waals surface area contributed by atoms with Crippen LogP contribution in [-0.4, -0.2) is 9.97 Å². The molecule has 0 atom stereocenters. The molecule has 2 aromatic rings. The number of nitrogens with zero attached hydrogens (tertiary/aromatic N) is 1. The number of imidazole rings is 1. The number of aromatic amines is 1. The van der Waals surface area contributed by atoms with Crippen molar-refractivity contribution >= 4 is 0 Å². The van der Waals surface area contributed by atoms with Gasteiger partial charge in [0.05, 0.1) is 0 Å². The number of nitrogens with one attached hydrogen (secondary N) is 1. The maximum atomic E-state index is 3.98. The third-order valence-electron chi connectivity index (χ3n) is 3.03. The Morgan fingerprint density at radius 3 is 2.17 bits per heavy atom. The summed E-state index contributed by atoms with van der Waals surface area (Å²) in [5.74, 6) is 1.06. The van der Waals surface area contributed by atoms with Gasteiger partial charge in [0.15, 0.2) is 0 Å². The van der Waals surface area contributed by atoms with Crippen molar-refractivity contribution in [1.29, 1.82) is 0 Å². The molecule has 0 aliphatic heterocycles. The highest BCUT2D eigenvalue weighted by atomic mass is 14.9. The van der Waals surface area contributed by atoms with Crippen molar-refractivity contribution in [3.05, 3.63) is 53.1 Å². The Labute approximate surface area is 110 Å². The van der Waals surface area contributed by atoms with E-state index in [1.165, 1.54) is 29.5 Å². The van der Waals surface area contributed by atoms with Crippen LogP contribution in [0, 0.1) is 13.8 Å². The molecule has 2 rings (SSSR count). The minimum Gasteiger partial charge on any atom is -0.349 e. The molecule has 0 amide bonds. The van der Waals surface area contributed by atoms with E-state index in [1.54, 1.807) is 6.20 Å². The van der Waals surface area contributed by atoms with E-state index in [4.69, 9.17) is 0 Å². The highest BCUT2D eigenvalue weighted by Gasteiger charge is 1.98. The molecule has 1 aromatic carbocycles. The normalized spacial score (nSPS) is 9.78. The summed E-state index contributed by atoms with van der Waals surface area (Å²) in [7, 11) is 0. The number of hydrogen-bond acceptors (Lipinski definition) is 1. The van der Waals surface area contributed by atoms with E-state index in [0.29, 0.717) is 0 Å². The Morgan fingerprint density at radius 2 is 1.78 bits per heavy atom. The molecular weight excluding hydrogens is 220 g/mol. The van der Waals surface area contributed by atoms with Gasteiger partial charge in [0, 0.05) is 18.8 Å². The molecular formula is C16H24N2. The number of hydrogen-bond donors (Lipinski definition) is 1. The topological polar surface area (TPSA) is 28.7 Å². The second-order valence-corrected chi connectivity index (χ2v) is 4.51. The van der Waals surface area contributed by atoms with E-state index in [-0.39, 0.29) is 0 Å². The predicted molar refractivity (Wildman–Crippen MR) is 77.9 cm³/mol. The first-order chi connectivity index (χ1) is 8.69. The molecule has 0 unspecified atom stereocenters. The fourth-order valence-electron chi connectivity index (χ4n) is 1.98. The standard InChI is InChI=1S/C11H16.C5H8N2/c1-4-6-11-9(2)7-5-8-10(11)3;1-2-5-6-3-4-7-5/h5,7-8H,4,6H2,1-3H3;3-4H,2H2,1H3,(H,6,7). The Morgan fingerprint density at radius 1 is 1.11 bits per heavy atom. The molecule has 0 saturated carbocycles. The van der Waals surface area contributed by atoms with E-state index in [9.17, 15) is 0 Å². The third-order valence-corrected chi connectivity index (χ3v) is 3.03. The molecule has 1 heterocycles. The largest absolute Gasteiger partial charge is 0.349 e. The summed E-state index contributed by atoms with van der Waals surface area (Å²) < 4.78 is 0. The van der Waals surface area contributed by atoms with Gasteiger partial charge in [0.2, 0.25) is 0 Å². The van der Waals surface area contributed by atoms with Crippen LogP contribution >= 0.6 is 0 Å². The summed E-state index contributed by atoms with van der Waals surface area (Å²) in [6.07, 6.45) is 7.05. The zero-order chi connectivity index (χ0) is 13.4. The fraction of sp³-hybridized carbons (Fsp3) is 0.438. The van der Waals surface area contributed by atoms with Crippen molar-refractivity contribution in [2.75, 3.05) is 0 Å². The van der Waals surface area contributed by atoms with Crippen molar-refractivity contribution < 1.29 is 0 Å². The number of rotatable bonds is 3. The number of H-pyrrole nitrogens is 1. The van der Waals surface area contributed by atoms with Crippen molar-refractivity contribution in [2.45, 2.75) is 47.0 Å². The second kappa shape index (κ2) is 7.70. The van der Waals surface area contributed by atoms with Gasteiger partial charge in [-0.2, -0.15) is 0 Å². The summed E-state index contributed by atoms with van der Waals surface area (Å²) >= 11 is 0. The Balaban J connectivity index is 0.000000199. The minimum absolute atomic E-state index is 0.993. The zero-order valence-corrected chi connectivity index (χ0v) is 12.0. The first-order valence-electron chi connectivity index (χ1n) is 6.72. The van der Waals surface area contributed by atoms with Gasteiger partial charge >= 0.3 is 0 Å². The van der Waals surface area contributed by atoms with Crippen LogP contribution < -0.4 is 0 Å². The molecule has 2 heteroatoms. The molecule has 1 aromatic heterocycles. The van der Waals surface area contributed by atoms with Crippen LogP contribution in [0.1, 0.15) is 42.8 Å². The monoisotopic (exact) mass is 244 g/mol. The quantitative estimate of drug-likeness (QED) is 0.860. The van der Waals surface area contributed by atoms with Crippen molar-refractivity contribution in [3.63, 3.8) is 0 Å². The summed E-state index contributed by atoms with van der Waals surface area (Å²) in [5, 5.41) is 0. The van der Waals surface area contributed by atoms with Crippen LogP contribution in [0.4, 0.5) is 0 Å². The predicted octanol–water partition coefficient (Wildman–Crippen LogP) is 4.23. The lowest BCUT2D eigenvalue weighted by Crippen LogP contribution is -1.91. The molecule has 0 spiro atoms. The molecule has 98 valence electrons. The minimum atomic E-state index is 0.993. The van der Waals surface area contributed by atoms with Crippen molar-refractivity contribution in [3.8, 4) is 0 Å². The fourth-order valence-corrected chi connectivity index (χ4v) is 1.98. The van der Waals surface area contributed by atoms with E-state index in [1.807, 2.05) is 6.20 Å². The SMILES string of the molecule is CCCc1c(C)cccc1C.CCc1ncc[nH]1. The Kier molecular flexibility index (Phi) is 6.20. The molecule has 2 nitrogen and oxygen atoms in total. The van der Waals surface area contributed by atoms with E-state index in [0.717, 1.165) is 12.2 Å². The van der Waals surface area contributed by atoms with Gasteiger partial charge in [-0.1, -0.05) is 38.5 Å². The zero-order valence-electron chi connectivity index (χ0n) is 12.0. The van der Waals surface area contributed by atoms with Crippen molar-refractivity contribution in [1.82, 2.24) is 9.97 Å². The van der Waals surface area contributed by atoms with Gasteiger partial charge in [0.1, 0.15) is 5.82 Å². The van der Waals surface area contributed by atoms with Crippen LogP contribution in [0.15, 0.2) is 30.6 Å². The first-order valence-corrected chi connectivity index (χ1v) is 6.72. The lowest BCUT2D eigenvalue weighted by Gasteiger charge is -2.06. The van der Waals surface area contributed by atoms with Crippen molar-refractivity contribution in [2.24, 2.45) is 0 Å². The molecule has 1 N–H and O–H groups in total. The maximum Gasteiger partial charge on any atom is 0.105 e. The molecule has 0 radical (unpaired) electrons. The van der Waals surface area contributed by atoms with Crippen LogP contribution in [0.2, 0.25) is 0 Å². The molecule has 18 heavy (non-hydrogen) atoms.